The Bertz CT molecular complexity index is 347. The van der Waals surface area contributed by atoms with Gasteiger partial charge >= 0.3 is 20.4 Å². The van der Waals surface area contributed by atoms with E-state index in [1.54, 1.807) is 0 Å². The van der Waals surface area contributed by atoms with Crippen molar-refractivity contribution in [2.24, 2.45) is 0 Å². The number of rotatable bonds is 2. The largest absolute Gasteiger partial charge is 2.00 e. The summed E-state index contributed by atoms with van der Waals surface area (Å²) < 4.78 is 0. The normalized spacial score (nSPS) is 19.8. The molecule has 5 heteroatoms. The fourth-order valence-electron chi connectivity index (χ4n) is 2.67. The minimum Gasteiger partial charge on any atom is -0.315 e. The summed E-state index contributed by atoms with van der Waals surface area (Å²) in [5.41, 5.74) is 1.41. The van der Waals surface area contributed by atoms with Gasteiger partial charge in [-0.2, -0.15) is 0 Å². The van der Waals surface area contributed by atoms with Crippen LogP contribution in [0, 0.1) is 0 Å². The molecule has 0 radical (unpaired) electrons. The zero-order valence-electron chi connectivity index (χ0n) is 13.4. The Morgan fingerprint density at radius 2 is 1.36 bits per heavy atom. The molecule has 1 aliphatic rings. The van der Waals surface area contributed by atoms with Crippen LogP contribution >= 0.6 is 0 Å². The molecule has 0 aromatic heterocycles. The molecular weight excluding hydrogens is 367 g/mol. The van der Waals surface area contributed by atoms with Crippen LogP contribution in [-0.2, 0) is 27.0 Å². The second-order valence-electron chi connectivity index (χ2n) is 5.72. The molecule has 1 fully saturated rings. The first kappa shape index (κ1) is 19.8. The third-order valence-corrected chi connectivity index (χ3v) is 3.87. The van der Waals surface area contributed by atoms with E-state index in [0.29, 0.717) is 0 Å². The predicted molar refractivity (Wildman–Crippen MR) is 89.6 cm³/mol. The van der Waals surface area contributed by atoms with Crippen molar-refractivity contribution in [3.05, 3.63) is 35.9 Å². The van der Waals surface area contributed by atoms with Crippen molar-refractivity contribution in [1.29, 1.82) is 0 Å². The Morgan fingerprint density at radius 3 is 2.09 bits per heavy atom. The third kappa shape index (κ3) is 9.00. The van der Waals surface area contributed by atoms with Gasteiger partial charge in [0.1, 0.15) is 0 Å². The standard InChI is InChI=1S/C17H30N4.Pd/c1-2-6-17(7-3-1)16-21-14-5-10-19-12-11-18-8-4-9-20-13-15-21;/h1-3,6-7,18-20H,4-5,8-16H2;/q;+2. The molecule has 1 heterocycles. The fourth-order valence-corrected chi connectivity index (χ4v) is 2.67. The molecule has 0 aliphatic carbocycles. The van der Waals surface area contributed by atoms with Gasteiger partial charge in [0.25, 0.3) is 0 Å². The summed E-state index contributed by atoms with van der Waals surface area (Å²) in [5, 5.41) is 10.5. The summed E-state index contributed by atoms with van der Waals surface area (Å²) >= 11 is 0. The smallest absolute Gasteiger partial charge is 0.315 e. The Balaban J connectivity index is 0.00000242. The van der Waals surface area contributed by atoms with Gasteiger partial charge in [-0.15, -0.1) is 0 Å². The fraction of sp³-hybridized carbons (Fsp3) is 0.647. The Morgan fingerprint density at radius 1 is 0.727 bits per heavy atom. The van der Waals surface area contributed by atoms with E-state index in [0.717, 1.165) is 58.9 Å². The maximum atomic E-state index is 3.56. The molecule has 0 atom stereocenters. The first-order valence-corrected chi connectivity index (χ1v) is 8.33. The van der Waals surface area contributed by atoms with Gasteiger partial charge in [-0.1, -0.05) is 30.3 Å². The van der Waals surface area contributed by atoms with Crippen LogP contribution in [0.5, 0.6) is 0 Å². The first-order chi connectivity index (χ1) is 10.4. The zero-order chi connectivity index (χ0) is 14.6. The number of nitrogens with zero attached hydrogens (tertiary/aromatic N) is 1. The van der Waals surface area contributed by atoms with Crippen LogP contribution in [-0.4, -0.2) is 57.3 Å². The summed E-state index contributed by atoms with van der Waals surface area (Å²) in [4.78, 5) is 2.56. The number of hydrogen-bond acceptors (Lipinski definition) is 4. The van der Waals surface area contributed by atoms with Gasteiger partial charge in [0.15, 0.2) is 0 Å². The predicted octanol–water partition coefficient (Wildman–Crippen LogP) is 1.05. The number of hydrogen-bond donors (Lipinski definition) is 3. The van der Waals surface area contributed by atoms with E-state index in [4.69, 9.17) is 0 Å². The minimum absolute atomic E-state index is 0. The molecule has 1 aliphatic heterocycles. The summed E-state index contributed by atoms with van der Waals surface area (Å²) in [5.74, 6) is 0. The topological polar surface area (TPSA) is 39.3 Å². The SMILES string of the molecule is [Pd+2].c1ccc(CN2CCCNCCNCCCNCC2)cc1. The molecule has 0 unspecified atom stereocenters. The van der Waals surface area contributed by atoms with Crippen molar-refractivity contribution in [2.75, 3.05) is 52.4 Å². The number of nitrogens with one attached hydrogen (secondary N) is 3. The summed E-state index contributed by atoms with van der Waals surface area (Å²) in [6.45, 7) is 9.92. The van der Waals surface area contributed by atoms with Crippen LogP contribution < -0.4 is 16.0 Å². The second-order valence-corrected chi connectivity index (χ2v) is 5.72. The summed E-state index contributed by atoms with van der Waals surface area (Å²) in [7, 11) is 0. The van der Waals surface area contributed by atoms with E-state index in [-0.39, 0.29) is 20.4 Å². The van der Waals surface area contributed by atoms with E-state index in [9.17, 15) is 0 Å². The molecule has 1 saturated heterocycles. The maximum absolute atomic E-state index is 3.56. The molecule has 3 N–H and O–H groups in total. The first-order valence-electron chi connectivity index (χ1n) is 8.33. The number of benzene rings is 1. The summed E-state index contributed by atoms with van der Waals surface area (Å²) in [6, 6.07) is 10.8. The third-order valence-electron chi connectivity index (χ3n) is 3.87. The molecule has 126 valence electrons. The van der Waals surface area contributed by atoms with Crippen molar-refractivity contribution in [2.45, 2.75) is 19.4 Å². The van der Waals surface area contributed by atoms with Crippen molar-refractivity contribution in [3.63, 3.8) is 0 Å². The van der Waals surface area contributed by atoms with E-state index in [1.807, 2.05) is 0 Å². The van der Waals surface area contributed by atoms with Crippen LogP contribution in [0.2, 0.25) is 0 Å². The maximum Gasteiger partial charge on any atom is 2.00 e. The molecule has 0 spiro atoms. The minimum atomic E-state index is 0. The average Bonchev–Trinajstić information content (AvgIpc) is 2.52. The molecule has 22 heavy (non-hydrogen) atoms. The quantitative estimate of drug-likeness (QED) is 0.653. The van der Waals surface area contributed by atoms with Gasteiger partial charge in [0, 0.05) is 32.7 Å². The molecule has 0 saturated carbocycles. The molecule has 0 bridgehead atoms. The monoisotopic (exact) mass is 396 g/mol. The van der Waals surface area contributed by atoms with Gasteiger partial charge < -0.3 is 16.0 Å². The molecular formula is C17H30N4Pd+2. The van der Waals surface area contributed by atoms with Crippen LogP contribution in [0.25, 0.3) is 0 Å². The van der Waals surface area contributed by atoms with Crippen molar-refractivity contribution < 1.29 is 20.4 Å². The van der Waals surface area contributed by atoms with Crippen LogP contribution in [0.1, 0.15) is 18.4 Å². The van der Waals surface area contributed by atoms with Gasteiger partial charge in [-0.3, -0.25) is 4.90 Å². The van der Waals surface area contributed by atoms with Gasteiger partial charge in [-0.05, 0) is 44.6 Å². The Labute approximate surface area is 149 Å². The van der Waals surface area contributed by atoms with Crippen molar-refractivity contribution in [3.8, 4) is 0 Å². The zero-order valence-corrected chi connectivity index (χ0v) is 15.0. The van der Waals surface area contributed by atoms with Crippen LogP contribution in [0.15, 0.2) is 30.3 Å². The Kier molecular flexibility index (Phi) is 11.9. The van der Waals surface area contributed by atoms with Gasteiger partial charge in [-0.25, -0.2) is 0 Å². The van der Waals surface area contributed by atoms with Crippen LogP contribution in [0.3, 0.4) is 0 Å². The van der Waals surface area contributed by atoms with E-state index in [2.05, 4.69) is 51.2 Å². The molecule has 2 rings (SSSR count). The van der Waals surface area contributed by atoms with E-state index in [1.165, 1.54) is 18.4 Å². The molecule has 4 nitrogen and oxygen atoms in total. The van der Waals surface area contributed by atoms with Gasteiger partial charge in [0.2, 0.25) is 0 Å². The summed E-state index contributed by atoms with van der Waals surface area (Å²) in [6.07, 6.45) is 2.42. The van der Waals surface area contributed by atoms with E-state index < -0.39 is 0 Å². The van der Waals surface area contributed by atoms with Gasteiger partial charge in [0.05, 0.1) is 0 Å². The van der Waals surface area contributed by atoms with Crippen LogP contribution in [0.4, 0.5) is 0 Å². The molecule has 0 amide bonds. The molecule has 1 aromatic carbocycles. The van der Waals surface area contributed by atoms with Crippen molar-refractivity contribution >= 4 is 0 Å². The second kappa shape index (κ2) is 13.2. The van der Waals surface area contributed by atoms with Crippen molar-refractivity contribution in [1.82, 2.24) is 20.9 Å². The molecule has 1 aromatic rings. The average molecular weight is 397 g/mol. The van der Waals surface area contributed by atoms with E-state index >= 15 is 0 Å². The Hall–Kier alpha value is -0.278.